The van der Waals surface area contributed by atoms with Gasteiger partial charge in [-0.15, -0.1) is 0 Å². The van der Waals surface area contributed by atoms with Gasteiger partial charge in [-0.1, -0.05) is 109 Å². The van der Waals surface area contributed by atoms with Crippen LogP contribution < -0.4 is 0 Å². The summed E-state index contributed by atoms with van der Waals surface area (Å²) < 4.78 is 12.6. The molecule has 6 aromatic carbocycles. The molecule has 0 atom stereocenters. The first-order valence-electron chi connectivity index (χ1n) is 14.5. The average molecular weight is 566 g/mol. The minimum atomic E-state index is 0.586. The van der Waals surface area contributed by atoms with Crippen LogP contribution >= 0.6 is 0 Å². The number of nitrogens with zero attached hydrogens (tertiary/aromatic N) is 3. The SMILES string of the molecule is c1ccc(-c2ccc(-c3nc(-c4ccccc4)nc(-c4ccc5c(c4)oc4cc6c(cc45)oc4ccccc46)n3)cc2)cc1. The quantitative estimate of drug-likeness (QED) is 0.212. The molecule has 0 fully saturated rings. The minimum absolute atomic E-state index is 0.586. The standard InChI is InChI=1S/C39H23N3O2/c1-3-9-24(10-4-1)25-15-17-27(18-16-25)38-40-37(26-11-5-2-6-12-26)41-39(42-38)28-19-20-30-32-23-35-31(22-36(32)44-34(30)21-28)29-13-7-8-14-33(29)43-35/h1-23H. The highest BCUT2D eigenvalue weighted by atomic mass is 16.3. The van der Waals surface area contributed by atoms with E-state index < -0.39 is 0 Å². The molecule has 0 bridgehead atoms. The van der Waals surface area contributed by atoms with Crippen molar-refractivity contribution in [2.24, 2.45) is 0 Å². The van der Waals surface area contributed by atoms with E-state index in [-0.39, 0.29) is 0 Å². The molecule has 0 spiro atoms. The number of benzene rings is 6. The molecule has 44 heavy (non-hydrogen) atoms. The fourth-order valence-electron chi connectivity index (χ4n) is 5.93. The van der Waals surface area contributed by atoms with Gasteiger partial charge in [0, 0.05) is 38.2 Å². The van der Waals surface area contributed by atoms with E-state index in [2.05, 4.69) is 60.7 Å². The third-order valence-corrected chi connectivity index (χ3v) is 8.15. The van der Waals surface area contributed by atoms with Crippen LogP contribution in [-0.2, 0) is 0 Å². The van der Waals surface area contributed by atoms with Gasteiger partial charge in [0.2, 0.25) is 0 Å². The maximum absolute atomic E-state index is 6.41. The molecule has 0 amide bonds. The van der Waals surface area contributed by atoms with Crippen LogP contribution in [0.4, 0.5) is 0 Å². The van der Waals surface area contributed by atoms with Crippen LogP contribution in [0, 0.1) is 0 Å². The lowest BCUT2D eigenvalue weighted by Crippen LogP contribution is -2.00. The van der Waals surface area contributed by atoms with Gasteiger partial charge in [0.15, 0.2) is 17.5 Å². The summed E-state index contributed by atoms with van der Waals surface area (Å²) in [7, 11) is 0. The van der Waals surface area contributed by atoms with E-state index in [1.807, 2.05) is 78.9 Å². The zero-order valence-corrected chi connectivity index (χ0v) is 23.4. The fourth-order valence-corrected chi connectivity index (χ4v) is 5.93. The van der Waals surface area contributed by atoms with Crippen LogP contribution in [0.3, 0.4) is 0 Å². The summed E-state index contributed by atoms with van der Waals surface area (Å²) in [5, 5.41) is 4.15. The van der Waals surface area contributed by atoms with Gasteiger partial charge in [0.25, 0.3) is 0 Å². The van der Waals surface area contributed by atoms with E-state index in [0.717, 1.165) is 66.1 Å². The Labute approximate surface area is 252 Å². The number of hydrogen-bond acceptors (Lipinski definition) is 5. The third-order valence-electron chi connectivity index (χ3n) is 8.15. The predicted molar refractivity (Wildman–Crippen MR) is 176 cm³/mol. The molecule has 0 saturated carbocycles. The smallest absolute Gasteiger partial charge is 0.164 e. The van der Waals surface area contributed by atoms with E-state index in [1.54, 1.807) is 0 Å². The third kappa shape index (κ3) is 4.06. The summed E-state index contributed by atoms with van der Waals surface area (Å²) in [6.45, 7) is 0. The van der Waals surface area contributed by atoms with Gasteiger partial charge in [-0.25, -0.2) is 15.0 Å². The van der Waals surface area contributed by atoms with E-state index in [1.165, 1.54) is 5.56 Å². The zero-order chi connectivity index (χ0) is 29.0. The Kier molecular flexibility index (Phi) is 5.43. The number of hydrogen-bond donors (Lipinski definition) is 0. The Bertz CT molecular complexity index is 2480. The second-order valence-corrected chi connectivity index (χ2v) is 10.9. The number of aromatic nitrogens is 3. The Morgan fingerprint density at radius 2 is 0.727 bits per heavy atom. The predicted octanol–water partition coefficient (Wildman–Crippen LogP) is 10.3. The first-order valence-corrected chi connectivity index (χ1v) is 14.5. The number of rotatable bonds is 4. The van der Waals surface area contributed by atoms with Crippen LogP contribution in [0.25, 0.3) is 89.2 Å². The molecule has 3 heterocycles. The largest absolute Gasteiger partial charge is 0.456 e. The molecule has 0 aliphatic carbocycles. The molecule has 0 aliphatic rings. The molecule has 0 unspecified atom stereocenters. The summed E-state index contributed by atoms with van der Waals surface area (Å²) in [6, 6.07) is 47.1. The molecular weight excluding hydrogens is 542 g/mol. The van der Waals surface area contributed by atoms with Crippen molar-refractivity contribution in [3.05, 3.63) is 140 Å². The Balaban J connectivity index is 1.17. The van der Waals surface area contributed by atoms with Crippen molar-refractivity contribution in [1.29, 1.82) is 0 Å². The molecule has 0 N–H and O–H groups in total. The Morgan fingerprint density at radius 1 is 0.295 bits per heavy atom. The number of furan rings is 2. The van der Waals surface area contributed by atoms with Gasteiger partial charge in [0.1, 0.15) is 22.3 Å². The minimum Gasteiger partial charge on any atom is -0.456 e. The van der Waals surface area contributed by atoms with Crippen LogP contribution in [0.15, 0.2) is 148 Å². The van der Waals surface area contributed by atoms with Gasteiger partial charge >= 0.3 is 0 Å². The summed E-state index contributed by atoms with van der Waals surface area (Å²) in [5.74, 6) is 1.82. The molecule has 9 rings (SSSR count). The molecule has 0 saturated heterocycles. The first kappa shape index (κ1) is 24.5. The summed E-state index contributed by atoms with van der Waals surface area (Å²) in [6.07, 6.45) is 0. The molecule has 0 radical (unpaired) electrons. The second kappa shape index (κ2) is 9.75. The fraction of sp³-hybridized carbons (Fsp3) is 0. The van der Waals surface area contributed by atoms with Gasteiger partial charge in [-0.3, -0.25) is 0 Å². The Hall–Kier alpha value is -6.07. The van der Waals surface area contributed by atoms with Crippen LogP contribution in [0.1, 0.15) is 0 Å². The zero-order valence-electron chi connectivity index (χ0n) is 23.4. The molecule has 3 aromatic heterocycles. The summed E-state index contributed by atoms with van der Waals surface area (Å²) in [4.78, 5) is 14.8. The normalized spacial score (nSPS) is 11.6. The monoisotopic (exact) mass is 565 g/mol. The van der Waals surface area contributed by atoms with Crippen LogP contribution in [0.2, 0.25) is 0 Å². The average Bonchev–Trinajstić information content (AvgIpc) is 3.64. The van der Waals surface area contributed by atoms with Crippen molar-refractivity contribution in [2.45, 2.75) is 0 Å². The van der Waals surface area contributed by atoms with Gasteiger partial charge in [-0.05, 0) is 41.5 Å². The molecule has 5 nitrogen and oxygen atoms in total. The lowest BCUT2D eigenvalue weighted by molar-refractivity contribution is 0.664. The highest BCUT2D eigenvalue weighted by Crippen LogP contribution is 2.38. The van der Waals surface area contributed by atoms with Crippen molar-refractivity contribution in [3.63, 3.8) is 0 Å². The Morgan fingerprint density at radius 3 is 1.41 bits per heavy atom. The maximum Gasteiger partial charge on any atom is 0.164 e. The highest BCUT2D eigenvalue weighted by Gasteiger charge is 2.16. The first-order chi connectivity index (χ1) is 21.8. The van der Waals surface area contributed by atoms with Gasteiger partial charge in [-0.2, -0.15) is 0 Å². The summed E-state index contributed by atoms with van der Waals surface area (Å²) in [5.41, 5.74) is 8.31. The topological polar surface area (TPSA) is 65.0 Å². The maximum atomic E-state index is 6.41. The van der Waals surface area contributed by atoms with Crippen molar-refractivity contribution in [1.82, 2.24) is 15.0 Å². The van der Waals surface area contributed by atoms with Crippen LogP contribution in [-0.4, -0.2) is 15.0 Å². The molecule has 206 valence electrons. The van der Waals surface area contributed by atoms with Crippen molar-refractivity contribution >= 4 is 43.9 Å². The number of para-hydroxylation sites is 1. The highest BCUT2D eigenvalue weighted by molar-refractivity contribution is 6.15. The van der Waals surface area contributed by atoms with E-state index in [0.29, 0.717) is 17.5 Å². The van der Waals surface area contributed by atoms with E-state index >= 15 is 0 Å². The molecule has 5 heteroatoms. The lowest BCUT2D eigenvalue weighted by atomic mass is 10.0. The van der Waals surface area contributed by atoms with E-state index in [9.17, 15) is 0 Å². The van der Waals surface area contributed by atoms with Crippen molar-refractivity contribution in [2.75, 3.05) is 0 Å². The molecule has 9 aromatic rings. The lowest BCUT2D eigenvalue weighted by Gasteiger charge is -2.09. The molecule has 0 aliphatic heterocycles. The second-order valence-electron chi connectivity index (χ2n) is 10.9. The van der Waals surface area contributed by atoms with Crippen LogP contribution in [0.5, 0.6) is 0 Å². The van der Waals surface area contributed by atoms with Gasteiger partial charge < -0.3 is 8.83 Å². The summed E-state index contributed by atoms with van der Waals surface area (Å²) >= 11 is 0. The van der Waals surface area contributed by atoms with E-state index in [4.69, 9.17) is 23.8 Å². The molecular formula is C39H23N3O2. The number of fused-ring (bicyclic) bond motifs is 6. The van der Waals surface area contributed by atoms with Crippen molar-refractivity contribution < 1.29 is 8.83 Å². The van der Waals surface area contributed by atoms with Crippen molar-refractivity contribution in [3.8, 4) is 45.3 Å². The van der Waals surface area contributed by atoms with Gasteiger partial charge in [0.05, 0.1) is 0 Å².